The second-order valence-corrected chi connectivity index (χ2v) is 21.3. The first-order valence-electron chi connectivity index (χ1n) is 20.0. The molecular weight excluding hydrogens is 764 g/mol. The van der Waals surface area contributed by atoms with E-state index in [2.05, 4.69) is 16.0 Å². The first kappa shape index (κ1) is 59.6. The third kappa shape index (κ3) is 33.7. The number of carbonyl (C=O) groups is 8. The van der Waals surface area contributed by atoms with Crippen LogP contribution in [0, 0.1) is 16.2 Å². The minimum atomic E-state index is -1.12. The molecule has 3 unspecified atom stereocenters. The minimum Gasteiger partial charge on any atom is -0.481 e. The average Bonchev–Trinajstić information content (AvgIpc) is 2.92. The van der Waals surface area contributed by atoms with Crippen molar-refractivity contribution >= 4 is 47.1 Å². The summed E-state index contributed by atoms with van der Waals surface area (Å²) in [6, 6.07) is -1.73. The van der Waals surface area contributed by atoms with E-state index in [0.717, 1.165) is 0 Å². The normalized spacial score (nSPS) is 14.0. The van der Waals surface area contributed by atoms with Crippen molar-refractivity contribution in [3.05, 3.63) is 0 Å². The van der Waals surface area contributed by atoms with Gasteiger partial charge in [0.25, 0.3) is 0 Å². The van der Waals surface area contributed by atoms with Crippen LogP contribution in [-0.2, 0) is 38.4 Å². The molecule has 3 atom stereocenters. The molecule has 0 rings (SSSR count). The number of carbonyl (C=O) groups excluding carboxylic acids is 4. The molecule has 0 aliphatic carbocycles. The molecule has 1 amide bonds. The summed E-state index contributed by atoms with van der Waals surface area (Å²) in [5.74, 6) is -4.44. The maximum absolute atomic E-state index is 12.3. The standard InChI is InChI=1S/C18H32N2O6.C13H25NO3.C12H23NO3/c1-17(2,3)13(21)7-11(9-15(23)24)19-14(22)8-12(10-16(25)26)20-18(4,5)6;1-12(2,3)10(15)7-9(8-11(16)17)14-13(4,5)6;1-11(2,3)9(14)7-13(8-10(15)16)12(4,5)6/h11-12,20H,7-10H2,1-6H3,(H,19,22)(H,23,24)(H,25,26);9,14H,7-8H2,1-6H3,(H,16,17);7-8H2,1-6H3,(H,15,16). The van der Waals surface area contributed by atoms with Gasteiger partial charge < -0.3 is 36.4 Å². The Kier molecular flexibility index (Phi) is 24.7. The number of nitrogens with zero attached hydrogens (tertiary/aromatic N) is 1. The lowest BCUT2D eigenvalue weighted by atomic mass is 9.86. The number of hydrogen-bond acceptors (Lipinski definition) is 11. The van der Waals surface area contributed by atoms with E-state index in [0.29, 0.717) is 0 Å². The first-order chi connectivity index (χ1) is 26.0. The number of rotatable bonds is 19. The van der Waals surface area contributed by atoms with E-state index in [9.17, 15) is 38.4 Å². The predicted molar refractivity (Wildman–Crippen MR) is 228 cm³/mol. The Balaban J connectivity index is -0.000000833. The van der Waals surface area contributed by atoms with E-state index in [-0.39, 0.29) is 91.6 Å². The van der Waals surface area contributed by atoms with Gasteiger partial charge in [0.15, 0.2) is 5.78 Å². The van der Waals surface area contributed by atoms with Crippen molar-refractivity contribution in [2.45, 2.75) is 198 Å². The summed E-state index contributed by atoms with van der Waals surface area (Å²) in [7, 11) is 0. The fourth-order valence-electron chi connectivity index (χ4n) is 5.05. The molecule has 59 heavy (non-hydrogen) atoms. The largest absolute Gasteiger partial charge is 0.481 e. The van der Waals surface area contributed by atoms with Crippen LogP contribution in [0.15, 0.2) is 0 Å². The number of Topliss-reactive ketones (excluding diaryl/α,β-unsaturated/α-hetero) is 3. The number of hydrogen-bond donors (Lipinski definition) is 7. The van der Waals surface area contributed by atoms with Gasteiger partial charge in [-0.05, 0) is 62.3 Å². The van der Waals surface area contributed by atoms with Crippen molar-refractivity contribution in [1.29, 1.82) is 0 Å². The van der Waals surface area contributed by atoms with Gasteiger partial charge >= 0.3 is 23.9 Å². The molecule has 16 nitrogen and oxygen atoms in total. The lowest BCUT2D eigenvalue weighted by Gasteiger charge is -2.35. The summed E-state index contributed by atoms with van der Waals surface area (Å²) in [6.45, 7) is 33.5. The van der Waals surface area contributed by atoms with Gasteiger partial charge in [-0.15, -0.1) is 0 Å². The summed E-state index contributed by atoms with van der Waals surface area (Å²) in [5, 5.41) is 44.5. The van der Waals surface area contributed by atoms with Gasteiger partial charge in [0.05, 0.1) is 32.4 Å². The zero-order valence-corrected chi connectivity index (χ0v) is 39.4. The van der Waals surface area contributed by atoms with Crippen molar-refractivity contribution in [1.82, 2.24) is 20.9 Å². The van der Waals surface area contributed by atoms with Crippen LogP contribution in [-0.4, -0.2) is 120 Å². The van der Waals surface area contributed by atoms with Crippen LogP contribution in [0.5, 0.6) is 0 Å². The zero-order chi connectivity index (χ0) is 47.7. The highest BCUT2D eigenvalue weighted by Gasteiger charge is 2.32. The fraction of sp³-hybridized carbons (Fsp3) is 0.814. The second kappa shape index (κ2) is 24.5. The Bertz CT molecular complexity index is 1420. The van der Waals surface area contributed by atoms with Gasteiger partial charge in [-0.3, -0.25) is 43.3 Å². The third-order valence-corrected chi connectivity index (χ3v) is 8.32. The van der Waals surface area contributed by atoms with Gasteiger partial charge in [-0.25, -0.2) is 0 Å². The van der Waals surface area contributed by atoms with Crippen LogP contribution in [0.25, 0.3) is 0 Å². The molecule has 0 saturated heterocycles. The summed E-state index contributed by atoms with van der Waals surface area (Å²) >= 11 is 0. The van der Waals surface area contributed by atoms with Crippen LogP contribution in [0.4, 0.5) is 0 Å². The minimum absolute atomic E-state index is 0.0287. The fourth-order valence-corrected chi connectivity index (χ4v) is 5.05. The predicted octanol–water partition coefficient (Wildman–Crippen LogP) is 5.58. The van der Waals surface area contributed by atoms with E-state index in [1.54, 1.807) is 25.7 Å². The van der Waals surface area contributed by atoms with E-state index < -0.39 is 58.1 Å². The number of ketones is 3. The molecular formula is C43H80N4O12. The Morgan fingerprint density at radius 3 is 0.983 bits per heavy atom. The number of nitrogens with one attached hydrogen (secondary N) is 3. The molecule has 16 heteroatoms. The lowest BCUT2D eigenvalue weighted by Crippen LogP contribution is -2.48. The van der Waals surface area contributed by atoms with Gasteiger partial charge in [-0.2, -0.15) is 0 Å². The van der Waals surface area contributed by atoms with Gasteiger partial charge in [0, 0.05) is 70.2 Å². The monoisotopic (exact) mass is 845 g/mol. The maximum atomic E-state index is 12.3. The Morgan fingerprint density at radius 2 is 0.712 bits per heavy atom. The molecule has 0 bridgehead atoms. The molecule has 0 aromatic carbocycles. The molecule has 344 valence electrons. The molecule has 0 saturated carbocycles. The lowest BCUT2D eigenvalue weighted by molar-refractivity contribution is -0.142. The Labute approximate surface area is 353 Å². The van der Waals surface area contributed by atoms with Gasteiger partial charge in [-0.1, -0.05) is 62.3 Å². The summed E-state index contributed by atoms with van der Waals surface area (Å²) in [4.78, 5) is 93.5. The molecule has 0 aromatic rings. The van der Waals surface area contributed by atoms with Crippen molar-refractivity contribution in [3.63, 3.8) is 0 Å². The highest BCUT2D eigenvalue weighted by Crippen LogP contribution is 2.22. The number of carboxylic acids is 4. The van der Waals surface area contributed by atoms with Crippen molar-refractivity contribution in [2.75, 3.05) is 13.1 Å². The summed E-state index contributed by atoms with van der Waals surface area (Å²) in [5.41, 5.74) is -2.39. The van der Waals surface area contributed by atoms with Crippen molar-refractivity contribution < 1.29 is 58.8 Å². The van der Waals surface area contributed by atoms with Crippen molar-refractivity contribution in [3.8, 4) is 0 Å². The van der Waals surface area contributed by atoms with E-state index in [1.807, 2.05) is 104 Å². The smallest absolute Gasteiger partial charge is 0.317 e. The molecule has 0 aliphatic heterocycles. The van der Waals surface area contributed by atoms with Crippen LogP contribution in [0.3, 0.4) is 0 Å². The highest BCUT2D eigenvalue weighted by molar-refractivity contribution is 5.87. The van der Waals surface area contributed by atoms with Gasteiger partial charge in [0.1, 0.15) is 11.6 Å². The molecule has 0 aromatic heterocycles. The third-order valence-electron chi connectivity index (χ3n) is 8.32. The Hall–Kier alpha value is -3.76. The number of aliphatic carboxylic acids is 4. The zero-order valence-electron chi connectivity index (χ0n) is 39.4. The molecule has 0 spiro atoms. The molecule has 0 aliphatic rings. The maximum Gasteiger partial charge on any atom is 0.317 e. The topological polar surface area (TPSA) is 257 Å². The van der Waals surface area contributed by atoms with Gasteiger partial charge in [0.2, 0.25) is 5.91 Å². The quantitative estimate of drug-likeness (QED) is 0.0837. The molecule has 7 N–H and O–H groups in total. The highest BCUT2D eigenvalue weighted by atomic mass is 16.4. The van der Waals surface area contributed by atoms with Crippen LogP contribution < -0.4 is 16.0 Å². The molecule has 0 radical (unpaired) electrons. The number of carboxylic acid groups (broad SMARTS) is 4. The van der Waals surface area contributed by atoms with Crippen LogP contribution in [0.2, 0.25) is 0 Å². The average molecular weight is 845 g/mol. The molecule has 0 heterocycles. The number of amides is 1. The van der Waals surface area contributed by atoms with Crippen LogP contribution in [0.1, 0.15) is 163 Å². The van der Waals surface area contributed by atoms with Crippen LogP contribution >= 0.6 is 0 Å². The molecule has 0 fully saturated rings. The van der Waals surface area contributed by atoms with E-state index in [1.165, 1.54) is 0 Å². The summed E-state index contributed by atoms with van der Waals surface area (Å²) < 4.78 is 0. The second-order valence-electron chi connectivity index (χ2n) is 21.3. The van der Waals surface area contributed by atoms with Crippen molar-refractivity contribution in [2.24, 2.45) is 16.2 Å². The SMILES string of the molecule is CC(C)(C)C(=O)CN(CC(=O)O)C(C)(C)C.CC(C)(C)NC(CC(=O)O)CC(=O)C(C)(C)C.CC(C)(C)NC(CC(=O)O)CC(=O)NC(CC(=O)O)CC(=O)C(C)(C)C. The summed E-state index contributed by atoms with van der Waals surface area (Å²) in [6.07, 6.45) is -0.591. The van der Waals surface area contributed by atoms with E-state index >= 15 is 0 Å². The first-order valence-corrected chi connectivity index (χ1v) is 20.0. The van der Waals surface area contributed by atoms with E-state index in [4.69, 9.17) is 20.4 Å². The Morgan fingerprint density at radius 1 is 0.407 bits per heavy atom.